The predicted octanol–water partition coefficient (Wildman–Crippen LogP) is 4.33. The molecule has 0 radical (unpaired) electrons. The molecule has 1 aromatic carbocycles. The van der Waals surface area contributed by atoms with Gasteiger partial charge < -0.3 is 10.6 Å². The minimum absolute atomic E-state index is 0.0216. The van der Waals surface area contributed by atoms with Crippen LogP contribution in [0.4, 0.5) is 11.4 Å². The molecule has 3 nitrogen and oxygen atoms in total. The third-order valence-corrected chi connectivity index (χ3v) is 4.33. The van der Waals surface area contributed by atoms with Crippen molar-refractivity contribution in [1.29, 1.82) is 0 Å². The Balaban J connectivity index is 1.93. The van der Waals surface area contributed by atoms with Crippen molar-refractivity contribution in [3.63, 3.8) is 0 Å². The molecule has 20 heavy (non-hydrogen) atoms. The molecule has 1 saturated carbocycles. The zero-order valence-corrected chi connectivity index (χ0v) is 12.8. The molecule has 0 saturated heterocycles. The van der Waals surface area contributed by atoms with Crippen molar-refractivity contribution in [2.24, 2.45) is 5.92 Å². The maximum atomic E-state index is 11.1. The van der Waals surface area contributed by atoms with Gasteiger partial charge in [0.25, 0.3) is 0 Å². The van der Waals surface area contributed by atoms with E-state index in [1.807, 2.05) is 13.0 Å². The van der Waals surface area contributed by atoms with Gasteiger partial charge in [0, 0.05) is 24.3 Å². The summed E-state index contributed by atoms with van der Waals surface area (Å²) in [6, 6.07) is 6.77. The number of carbonyl (C=O) groups excluding carboxylic acids is 1. The topological polar surface area (TPSA) is 41.1 Å². The lowest BCUT2D eigenvalue weighted by molar-refractivity contribution is -0.114. The molecule has 1 fully saturated rings. The molecule has 0 heterocycles. The first-order chi connectivity index (χ1) is 9.58. The van der Waals surface area contributed by atoms with Gasteiger partial charge in [0.1, 0.15) is 0 Å². The lowest BCUT2D eigenvalue weighted by atomic mass is 9.84. The number of benzene rings is 1. The summed E-state index contributed by atoms with van der Waals surface area (Å²) in [6.07, 6.45) is 6.54. The molecule has 0 bridgehead atoms. The van der Waals surface area contributed by atoms with Crippen LogP contribution >= 0.6 is 0 Å². The molecule has 1 aromatic rings. The zero-order valence-electron chi connectivity index (χ0n) is 12.8. The average Bonchev–Trinajstić information content (AvgIpc) is 2.42. The fraction of sp³-hybridized carbons (Fsp3) is 0.588. The Morgan fingerprint density at radius 3 is 2.50 bits per heavy atom. The van der Waals surface area contributed by atoms with Crippen molar-refractivity contribution in [1.82, 2.24) is 0 Å². The van der Waals surface area contributed by atoms with E-state index in [-0.39, 0.29) is 5.91 Å². The molecule has 3 heteroatoms. The van der Waals surface area contributed by atoms with Crippen LogP contribution in [0.3, 0.4) is 0 Å². The number of rotatable bonds is 4. The van der Waals surface area contributed by atoms with Crippen LogP contribution in [0.25, 0.3) is 0 Å². The van der Waals surface area contributed by atoms with Crippen molar-refractivity contribution >= 4 is 17.3 Å². The van der Waals surface area contributed by atoms with Crippen LogP contribution in [0.2, 0.25) is 0 Å². The normalized spacial score (nSPS) is 22.4. The van der Waals surface area contributed by atoms with E-state index >= 15 is 0 Å². The molecular weight excluding hydrogens is 248 g/mol. The van der Waals surface area contributed by atoms with E-state index in [4.69, 9.17) is 0 Å². The van der Waals surface area contributed by atoms with Crippen molar-refractivity contribution in [3.8, 4) is 0 Å². The van der Waals surface area contributed by atoms with Gasteiger partial charge in [-0.15, -0.1) is 0 Å². The second-order valence-corrected chi connectivity index (χ2v) is 5.98. The van der Waals surface area contributed by atoms with E-state index in [0.29, 0.717) is 6.04 Å². The maximum Gasteiger partial charge on any atom is 0.221 e. The standard InChI is InChI=1S/C17H26N2O/c1-4-14-5-7-15(8-6-14)19-16-9-10-17(12(2)11-16)18-13(3)20/h9-11,14-15,19H,4-8H2,1-3H3,(H,18,20). The van der Waals surface area contributed by atoms with Crippen LogP contribution in [0.1, 0.15) is 51.5 Å². The Bertz CT molecular complexity index is 462. The summed E-state index contributed by atoms with van der Waals surface area (Å²) in [6.45, 7) is 5.87. The quantitative estimate of drug-likeness (QED) is 0.857. The highest BCUT2D eigenvalue weighted by Crippen LogP contribution is 2.29. The largest absolute Gasteiger partial charge is 0.382 e. The monoisotopic (exact) mass is 274 g/mol. The Hall–Kier alpha value is -1.51. The van der Waals surface area contributed by atoms with E-state index in [1.165, 1.54) is 39.0 Å². The van der Waals surface area contributed by atoms with Crippen LogP contribution in [0, 0.1) is 12.8 Å². The van der Waals surface area contributed by atoms with E-state index in [9.17, 15) is 4.79 Å². The first kappa shape index (κ1) is 14.9. The molecule has 0 aliphatic heterocycles. The molecule has 0 spiro atoms. The minimum atomic E-state index is -0.0216. The van der Waals surface area contributed by atoms with Crippen LogP contribution < -0.4 is 10.6 Å². The minimum Gasteiger partial charge on any atom is -0.382 e. The maximum absolute atomic E-state index is 11.1. The molecule has 0 atom stereocenters. The molecule has 1 aliphatic rings. The van der Waals surface area contributed by atoms with E-state index < -0.39 is 0 Å². The summed E-state index contributed by atoms with van der Waals surface area (Å²) in [4.78, 5) is 11.1. The first-order valence-corrected chi connectivity index (χ1v) is 7.73. The molecule has 1 aliphatic carbocycles. The molecule has 2 rings (SSSR count). The van der Waals surface area contributed by atoms with E-state index in [2.05, 4.69) is 29.7 Å². The molecular formula is C17H26N2O. The highest BCUT2D eigenvalue weighted by atomic mass is 16.1. The molecule has 2 N–H and O–H groups in total. The van der Waals surface area contributed by atoms with Gasteiger partial charge in [-0.05, 0) is 62.3 Å². The lowest BCUT2D eigenvalue weighted by Gasteiger charge is -2.29. The summed E-state index contributed by atoms with van der Waals surface area (Å²) < 4.78 is 0. The van der Waals surface area contributed by atoms with Gasteiger partial charge in [-0.2, -0.15) is 0 Å². The van der Waals surface area contributed by atoms with Crippen molar-refractivity contribution < 1.29 is 4.79 Å². The van der Waals surface area contributed by atoms with Gasteiger partial charge in [-0.3, -0.25) is 4.79 Å². The van der Waals surface area contributed by atoms with Gasteiger partial charge in [0.15, 0.2) is 0 Å². The number of amides is 1. The van der Waals surface area contributed by atoms with E-state index in [1.54, 1.807) is 0 Å². The third-order valence-electron chi connectivity index (χ3n) is 4.33. The number of aryl methyl sites for hydroxylation is 1. The van der Waals surface area contributed by atoms with E-state index in [0.717, 1.165) is 22.9 Å². The summed E-state index contributed by atoms with van der Waals surface area (Å²) >= 11 is 0. The molecule has 0 unspecified atom stereocenters. The summed E-state index contributed by atoms with van der Waals surface area (Å²) in [5.74, 6) is 0.906. The molecule has 0 aromatic heterocycles. The van der Waals surface area contributed by atoms with Crippen molar-refractivity contribution in [3.05, 3.63) is 23.8 Å². The Morgan fingerprint density at radius 2 is 1.95 bits per heavy atom. The third kappa shape index (κ3) is 3.99. The van der Waals surface area contributed by atoms with Crippen molar-refractivity contribution in [2.75, 3.05) is 10.6 Å². The van der Waals surface area contributed by atoms with Gasteiger partial charge in [-0.1, -0.05) is 13.3 Å². The number of hydrogen-bond acceptors (Lipinski definition) is 2. The lowest BCUT2D eigenvalue weighted by Crippen LogP contribution is -2.25. The Labute approximate surface area is 122 Å². The zero-order chi connectivity index (χ0) is 14.5. The number of hydrogen-bond donors (Lipinski definition) is 2. The van der Waals surface area contributed by atoms with Gasteiger partial charge in [-0.25, -0.2) is 0 Å². The first-order valence-electron chi connectivity index (χ1n) is 7.73. The van der Waals surface area contributed by atoms with Crippen molar-refractivity contribution in [2.45, 2.75) is 58.9 Å². The Morgan fingerprint density at radius 1 is 1.25 bits per heavy atom. The average molecular weight is 274 g/mol. The number of nitrogens with one attached hydrogen (secondary N) is 2. The fourth-order valence-corrected chi connectivity index (χ4v) is 3.03. The summed E-state index contributed by atoms with van der Waals surface area (Å²) in [5.41, 5.74) is 3.17. The Kier molecular flexibility index (Phi) is 5.05. The SMILES string of the molecule is CCC1CCC(Nc2ccc(NC(C)=O)c(C)c2)CC1. The summed E-state index contributed by atoms with van der Waals surface area (Å²) in [7, 11) is 0. The molecule has 1 amide bonds. The second kappa shape index (κ2) is 6.78. The highest BCUT2D eigenvalue weighted by molar-refractivity contribution is 5.89. The number of anilines is 2. The van der Waals surface area contributed by atoms with Crippen LogP contribution in [-0.4, -0.2) is 11.9 Å². The fourth-order valence-electron chi connectivity index (χ4n) is 3.03. The summed E-state index contributed by atoms with van der Waals surface area (Å²) in [5, 5.41) is 6.48. The van der Waals surface area contributed by atoms with Gasteiger partial charge in [0.05, 0.1) is 0 Å². The van der Waals surface area contributed by atoms with Crippen LogP contribution in [0.15, 0.2) is 18.2 Å². The van der Waals surface area contributed by atoms with Crippen LogP contribution in [0.5, 0.6) is 0 Å². The van der Waals surface area contributed by atoms with Gasteiger partial charge in [0.2, 0.25) is 5.91 Å². The number of carbonyl (C=O) groups is 1. The highest BCUT2D eigenvalue weighted by Gasteiger charge is 2.19. The smallest absolute Gasteiger partial charge is 0.221 e. The van der Waals surface area contributed by atoms with Crippen LogP contribution in [-0.2, 0) is 4.79 Å². The molecule has 110 valence electrons. The van der Waals surface area contributed by atoms with Gasteiger partial charge >= 0.3 is 0 Å². The second-order valence-electron chi connectivity index (χ2n) is 5.98. The predicted molar refractivity (Wildman–Crippen MR) is 85.1 cm³/mol.